The van der Waals surface area contributed by atoms with Crippen molar-refractivity contribution in [2.45, 2.75) is 53.6 Å². The molecule has 2 amide bonds. The topological polar surface area (TPSA) is 58.6 Å². The van der Waals surface area contributed by atoms with E-state index in [1.165, 1.54) is 0 Å². The molecule has 2 rings (SSSR count). The Hall–Kier alpha value is -2.82. The first-order chi connectivity index (χ1) is 13.9. The van der Waals surface area contributed by atoms with Gasteiger partial charge in [-0.2, -0.15) is 0 Å². The number of nitrogens with zero attached hydrogens (tertiary/aromatic N) is 1. The third-order valence-electron chi connectivity index (χ3n) is 5.12. The Morgan fingerprint density at radius 2 is 1.72 bits per heavy atom. The SMILES string of the molecule is CCNC(=O)[C@@H](CC)N(Cc1ccc(C)cc1)C(=O)COc1cccc(C)c1C. The molecular formula is C24H32N2O3. The maximum Gasteiger partial charge on any atom is 0.261 e. The summed E-state index contributed by atoms with van der Waals surface area (Å²) in [5.74, 6) is 0.353. The van der Waals surface area contributed by atoms with Gasteiger partial charge in [0, 0.05) is 13.1 Å². The van der Waals surface area contributed by atoms with Crippen LogP contribution in [0.2, 0.25) is 0 Å². The summed E-state index contributed by atoms with van der Waals surface area (Å²) in [5, 5.41) is 2.84. The van der Waals surface area contributed by atoms with E-state index in [4.69, 9.17) is 4.74 Å². The van der Waals surface area contributed by atoms with Gasteiger partial charge in [0.1, 0.15) is 11.8 Å². The number of benzene rings is 2. The molecule has 0 aliphatic carbocycles. The number of rotatable bonds is 9. The second-order valence-corrected chi connectivity index (χ2v) is 7.31. The van der Waals surface area contributed by atoms with Crippen LogP contribution in [0.4, 0.5) is 0 Å². The first-order valence-electron chi connectivity index (χ1n) is 10.2. The monoisotopic (exact) mass is 396 g/mol. The predicted molar refractivity (Wildman–Crippen MR) is 116 cm³/mol. The molecule has 5 heteroatoms. The Morgan fingerprint density at radius 1 is 1.03 bits per heavy atom. The number of amides is 2. The highest BCUT2D eigenvalue weighted by Gasteiger charge is 2.28. The zero-order valence-corrected chi connectivity index (χ0v) is 18.1. The number of nitrogens with one attached hydrogen (secondary N) is 1. The van der Waals surface area contributed by atoms with Gasteiger partial charge in [0.05, 0.1) is 0 Å². The average Bonchev–Trinajstić information content (AvgIpc) is 2.70. The zero-order valence-electron chi connectivity index (χ0n) is 18.1. The van der Waals surface area contributed by atoms with Crippen molar-refractivity contribution in [3.05, 3.63) is 64.7 Å². The molecule has 2 aromatic rings. The van der Waals surface area contributed by atoms with Gasteiger partial charge < -0.3 is 15.0 Å². The van der Waals surface area contributed by atoms with Crippen LogP contribution < -0.4 is 10.1 Å². The number of ether oxygens (including phenoxy) is 1. The molecule has 0 aliphatic heterocycles. The van der Waals surface area contributed by atoms with Gasteiger partial charge in [-0.3, -0.25) is 9.59 Å². The lowest BCUT2D eigenvalue weighted by atomic mass is 10.1. The second-order valence-electron chi connectivity index (χ2n) is 7.31. The van der Waals surface area contributed by atoms with E-state index < -0.39 is 6.04 Å². The third kappa shape index (κ3) is 6.08. The molecule has 0 fully saturated rings. The van der Waals surface area contributed by atoms with Crippen molar-refractivity contribution >= 4 is 11.8 Å². The van der Waals surface area contributed by atoms with E-state index in [1.54, 1.807) is 4.90 Å². The molecule has 0 bridgehead atoms. The van der Waals surface area contributed by atoms with Gasteiger partial charge in [0.15, 0.2) is 6.61 Å². The van der Waals surface area contributed by atoms with Crippen LogP contribution in [-0.4, -0.2) is 35.9 Å². The third-order valence-corrected chi connectivity index (χ3v) is 5.12. The molecule has 0 heterocycles. The fourth-order valence-corrected chi connectivity index (χ4v) is 3.20. The minimum absolute atomic E-state index is 0.105. The molecule has 0 spiro atoms. The molecule has 1 N–H and O–H groups in total. The van der Waals surface area contributed by atoms with Gasteiger partial charge in [0.25, 0.3) is 5.91 Å². The van der Waals surface area contributed by atoms with E-state index in [1.807, 2.05) is 77.1 Å². The summed E-state index contributed by atoms with van der Waals surface area (Å²) in [6.07, 6.45) is 0.535. The number of hydrogen-bond acceptors (Lipinski definition) is 3. The van der Waals surface area contributed by atoms with Gasteiger partial charge >= 0.3 is 0 Å². The van der Waals surface area contributed by atoms with Gasteiger partial charge in [-0.15, -0.1) is 0 Å². The van der Waals surface area contributed by atoms with Crippen molar-refractivity contribution < 1.29 is 14.3 Å². The highest BCUT2D eigenvalue weighted by Crippen LogP contribution is 2.21. The molecular weight excluding hydrogens is 364 g/mol. The van der Waals surface area contributed by atoms with E-state index in [-0.39, 0.29) is 18.4 Å². The smallest absolute Gasteiger partial charge is 0.261 e. The largest absolute Gasteiger partial charge is 0.483 e. The molecule has 0 aliphatic rings. The number of likely N-dealkylation sites (N-methyl/N-ethyl adjacent to an activating group) is 1. The van der Waals surface area contributed by atoms with Crippen LogP contribution in [0.3, 0.4) is 0 Å². The van der Waals surface area contributed by atoms with Crippen LogP contribution in [-0.2, 0) is 16.1 Å². The highest BCUT2D eigenvalue weighted by molar-refractivity contribution is 5.88. The van der Waals surface area contributed by atoms with Crippen LogP contribution in [0.15, 0.2) is 42.5 Å². The standard InChI is InChI=1S/C24H32N2O3/c1-6-21(24(28)25-7-2)26(15-20-13-11-17(3)12-14-20)23(27)16-29-22-10-8-9-18(4)19(22)5/h8-14,21H,6-7,15-16H2,1-5H3,(H,25,28)/t21-/m1/s1. The van der Waals surface area contributed by atoms with Crippen molar-refractivity contribution in [1.82, 2.24) is 10.2 Å². The van der Waals surface area contributed by atoms with Gasteiger partial charge in [0.2, 0.25) is 5.91 Å². The Bertz CT molecular complexity index is 831. The minimum Gasteiger partial charge on any atom is -0.483 e. The molecule has 0 radical (unpaired) electrons. The molecule has 0 saturated heterocycles. The van der Waals surface area contributed by atoms with Crippen molar-refractivity contribution in [1.29, 1.82) is 0 Å². The lowest BCUT2D eigenvalue weighted by molar-refractivity contribution is -0.142. The summed E-state index contributed by atoms with van der Waals surface area (Å²) < 4.78 is 5.83. The van der Waals surface area contributed by atoms with E-state index in [0.717, 1.165) is 22.3 Å². The Balaban J connectivity index is 2.21. The molecule has 29 heavy (non-hydrogen) atoms. The fourth-order valence-electron chi connectivity index (χ4n) is 3.20. The summed E-state index contributed by atoms with van der Waals surface area (Å²) in [7, 11) is 0. The molecule has 5 nitrogen and oxygen atoms in total. The van der Waals surface area contributed by atoms with Crippen molar-refractivity contribution in [2.75, 3.05) is 13.2 Å². The molecule has 0 saturated carbocycles. The van der Waals surface area contributed by atoms with Crippen LogP contribution in [0, 0.1) is 20.8 Å². The maximum absolute atomic E-state index is 13.1. The number of hydrogen-bond donors (Lipinski definition) is 1. The van der Waals surface area contributed by atoms with Crippen molar-refractivity contribution in [3.8, 4) is 5.75 Å². The van der Waals surface area contributed by atoms with Crippen LogP contribution in [0.25, 0.3) is 0 Å². The summed E-state index contributed by atoms with van der Waals surface area (Å²) in [6.45, 7) is 10.6. The Morgan fingerprint density at radius 3 is 2.34 bits per heavy atom. The summed E-state index contributed by atoms with van der Waals surface area (Å²) in [6, 6.07) is 13.3. The second kappa shape index (κ2) is 10.6. The minimum atomic E-state index is -0.536. The molecule has 0 aromatic heterocycles. The predicted octanol–water partition coefficient (Wildman–Crippen LogP) is 3.93. The molecule has 156 valence electrons. The average molecular weight is 397 g/mol. The first kappa shape index (κ1) is 22.5. The van der Waals surface area contributed by atoms with E-state index >= 15 is 0 Å². The summed E-state index contributed by atoms with van der Waals surface area (Å²) in [4.78, 5) is 27.3. The van der Waals surface area contributed by atoms with Crippen LogP contribution in [0.5, 0.6) is 5.75 Å². The highest BCUT2D eigenvalue weighted by atomic mass is 16.5. The fraction of sp³-hybridized carbons (Fsp3) is 0.417. The first-order valence-corrected chi connectivity index (χ1v) is 10.2. The zero-order chi connectivity index (χ0) is 21.4. The van der Waals surface area contributed by atoms with Gasteiger partial charge in [-0.1, -0.05) is 48.9 Å². The summed E-state index contributed by atoms with van der Waals surface area (Å²) >= 11 is 0. The number of carbonyl (C=O) groups is 2. The van der Waals surface area contributed by atoms with E-state index in [0.29, 0.717) is 25.3 Å². The van der Waals surface area contributed by atoms with Crippen molar-refractivity contribution in [3.63, 3.8) is 0 Å². The normalized spacial score (nSPS) is 11.6. The maximum atomic E-state index is 13.1. The van der Waals surface area contributed by atoms with Crippen LogP contribution in [0.1, 0.15) is 42.5 Å². The number of carbonyl (C=O) groups excluding carboxylic acids is 2. The Labute approximate surface area is 174 Å². The van der Waals surface area contributed by atoms with Gasteiger partial charge in [-0.25, -0.2) is 0 Å². The van der Waals surface area contributed by atoms with E-state index in [9.17, 15) is 9.59 Å². The lowest BCUT2D eigenvalue weighted by Gasteiger charge is -2.30. The molecule has 0 unspecified atom stereocenters. The van der Waals surface area contributed by atoms with Gasteiger partial charge in [-0.05, 0) is 56.9 Å². The summed E-state index contributed by atoms with van der Waals surface area (Å²) in [5.41, 5.74) is 4.26. The van der Waals surface area contributed by atoms with Crippen LogP contribution >= 0.6 is 0 Å². The molecule has 2 aromatic carbocycles. The van der Waals surface area contributed by atoms with E-state index in [2.05, 4.69) is 5.32 Å². The Kier molecular flexibility index (Phi) is 8.25. The lowest BCUT2D eigenvalue weighted by Crippen LogP contribution is -2.50. The quantitative estimate of drug-likeness (QED) is 0.699. The van der Waals surface area contributed by atoms with Crippen molar-refractivity contribution in [2.24, 2.45) is 0 Å². The molecule has 1 atom stereocenters. The number of aryl methyl sites for hydroxylation is 2.